The average Bonchev–Trinajstić information content (AvgIpc) is 3.14. The van der Waals surface area contributed by atoms with Gasteiger partial charge in [0.25, 0.3) is 0 Å². The summed E-state index contributed by atoms with van der Waals surface area (Å²) in [7, 11) is 1.67. The lowest BCUT2D eigenvalue weighted by Crippen LogP contribution is -2.46. The number of methoxy groups -OCH3 is 1. The standard InChI is InChI=1S/C23H31N3O2/c1-18(8-9-19-10-12-22(28-2)13-11-19)24-23(27)25-21-14-15-26(17-21)16-20-6-4-3-5-7-20/h3-7,10-13,18,21H,8-9,14-17H2,1-2H3,(H2,24,25,27). The quantitative estimate of drug-likeness (QED) is 0.735. The number of amides is 2. The van der Waals surface area contributed by atoms with Gasteiger partial charge < -0.3 is 15.4 Å². The van der Waals surface area contributed by atoms with Crippen LogP contribution in [-0.4, -0.2) is 43.2 Å². The Kier molecular flexibility index (Phi) is 7.31. The molecule has 1 aliphatic rings. The number of hydrogen-bond acceptors (Lipinski definition) is 3. The van der Waals surface area contributed by atoms with E-state index in [2.05, 4.69) is 58.9 Å². The number of hydrogen-bond donors (Lipinski definition) is 2. The maximum absolute atomic E-state index is 12.3. The number of ether oxygens (including phenoxy) is 1. The maximum atomic E-state index is 12.3. The second kappa shape index (κ2) is 10.1. The lowest BCUT2D eigenvalue weighted by molar-refractivity contribution is 0.232. The highest BCUT2D eigenvalue weighted by Crippen LogP contribution is 2.14. The first-order chi connectivity index (χ1) is 13.6. The molecule has 0 saturated carbocycles. The number of benzene rings is 2. The fraction of sp³-hybridized carbons (Fsp3) is 0.435. The van der Waals surface area contributed by atoms with Crippen LogP contribution in [0, 0.1) is 0 Å². The Morgan fingerprint density at radius 1 is 1.14 bits per heavy atom. The van der Waals surface area contributed by atoms with Gasteiger partial charge in [-0.15, -0.1) is 0 Å². The van der Waals surface area contributed by atoms with Crippen LogP contribution >= 0.6 is 0 Å². The Morgan fingerprint density at radius 3 is 2.61 bits per heavy atom. The molecule has 0 aromatic heterocycles. The molecule has 2 atom stereocenters. The van der Waals surface area contributed by atoms with Crippen molar-refractivity contribution in [2.75, 3.05) is 20.2 Å². The van der Waals surface area contributed by atoms with Crippen molar-refractivity contribution in [1.29, 1.82) is 0 Å². The zero-order valence-electron chi connectivity index (χ0n) is 16.9. The number of aryl methyl sites for hydroxylation is 1. The van der Waals surface area contributed by atoms with E-state index in [9.17, 15) is 4.79 Å². The van der Waals surface area contributed by atoms with Gasteiger partial charge in [-0.3, -0.25) is 4.90 Å². The number of urea groups is 1. The number of rotatable bonds is 8. The molecule has 1 fully saturated rings. The summed E-state index contributed by atoms with van der Waals surface area (Å²) in [4.78, 5) is 14.7. The summed E-state index contributed by atoms with van der Waals surface area (Å²) < 4.78 is 5.18. The first-order valence-electron chi connectivity index (χ1n) is 10.1. The molecular weight excluding hydrogens is 350 g/mol. The van der Waals surface area contributed by atoms with Crippen molar-refractivity contribution in [3.8, 4) is 5.75 Å². The van der Waals surface area contributed by atoms with Crippen LogP contribution in [0.5, 0.6) is 5.75 Å². The van der Waals surface area contributed by atoms with Crippen molar-refractivity contribution < 1.29 is 9.53 Å². The number of nitrogens with one attached hydrogen (secondary N) is 2. The Balaban J connectivity index is 1.35. The lowest BCUT2D eigenvalue weighted by atomic mass is 10.1. The average molecular weight is 382 g/mol. The van der Waals surface area contributed by atoms with E-state index in [1.54, 1.807) is 7.11 Å². The Hall–Kier alpha value is -2.53. The summed E-state index contributed by atoms with van der Waals surface area (Å²) in [6, 6.07) is 18.9. The zero-order chi connectivity index (χ0) is 19.8. The molecule has 0 bridgehead atoms. The highest BCUT2D eigenvalue weighted by molar-refractivity contribution is 5.74. The van der Waals surface area contributed by atoms with Crippen LogP contribution in [0.4, 0.5) is 4.79 Å². The molecule has 2 N–H and O–H groups in total. The van der Waals surface area contributed by atoms with Crippen molar-refractivity contribution in [1.82, 2.24) is 15.5 Å². The van der Waals surface area contributed by atoms with Crippen molar-refractivity contribution in [3.63, 3.8) is 0 Å². The SMILES string of the molecule is COc1ccc(CCC(C)NC(=O)NC2CCN(Cc3ccccc3)C2)cc1. The molecule has 1 aliphatic heterocycles. The topological polar surface area (TPSA) is 53.6 Å². The van der Waals surface area contributed by atoms with Crippen LogP contribution in [0.2, 0.25) is 0 Å². The largest absolute Gasteiger partial charge is 0.497 e. The normalized spacial score (nSPS) is 17.9. The lowest BCUT2D eigenvalue weighted by Gasteiger charge is -2.19. The third kappa shape index (κ3) is 6.27. The molecule has 150 valence electrons. The zero-order valence-corrected chi connectivity index (χ0v) is 16.9. The van der Waals surface area contributed by atoms with E-state index in [0.717, 1.165) is 44.6 Å². The third-order valence-electron chi connectivity index (χ3n) is 5.26. The summed E-state index contributed by atoms with van der Waals surface area (Å²) in [5.41, 5.74) is 2.57. The Morgan fingerprint density at radius 2 is 1.89 bits per heavy atom. The highest BCUT2D eigenvalue weighted by atomic mass is 16.5. The fourth-order valence-electron chi connectivity index (χ4n) is 3.63. The molecule has 28 heavy (non-hydrogen) atoms. The molecular formula is C23H31N3O2. The van der Waals surface area contributed by atoms with Gasteiger partial charge in [-0.05, 0) is 49.4 Å². The monoisotopic (exact) mass is 381 g/mol. The maximum Gasteiger partial charge on any atom is 0.315 e. The van der Waals surface area contributed by atoms with Gasteiger partial charge in [-0.2, -0.15) is 0 Å². The second-order valence-electron chi connectivity index (χ2n) is 7.61. The first kappa shape index (κ1) is 20.2. The van der Waals surface area contributed by atoms with E-state index < -0.39 is 0 Å². The summed E-state index contributed by atoms with van der Waals surface area (Å²) in [5.74, 6) is 0.868. The third-order valence-corrected chi connectivity index (χ3v) is 5.26. The van der Waals surface area contributed by atoms with Crippen LogP contribution in [0.1, 0.15) is 30.9 Å². The molecule has 1 heterocycles. The Bertz CT molecular complexity index is 733. The summed E-state index contributed by atoms with van der Waals surface area (Å²) in [5, 5.41) is 6.20. The van der Waals surface area contributed by atoms with Crippen LogP contribution in [0.25, 0.3) is 0 Å². The van der Waals surface area contributed by atoms with Gasteiger partial charge in [-0.1, -0.05) is 42.5 Å². The minimum atomic E-state index is -0.0613. The molecule has 5 heteroatoms. The fourth-order valence-corrected chi connectivity index (χ4v) is 3.63. The number of carbonyl (C=O) groups excluding carboxylic acids is 1. The molecule has 0 aliphatic carbocycles. The second-order valence-corrected chi connectivity index (χ2v) is 7.61. The minimum absolute atomic E-state index is 0.0613. The van der Waals surface area contributed by atoms with Crippen LogP contribution in [0.3, 0.4) is 0 Å². The van der Waals surface area contributed by atoms with Crippen molar-refractivity contribution in [3.05, 3.63) is 65.7 Å². The predicted octanol–water partition coefficient (Wildman–Crippen LogP) is 3.59. The number of nitrogens with zero attached hydrogens (tertiary/aromatic N) is 1. The smallest absolute Gasteiger partial charge is 0.315 e. The van der Waals surface area contributed by atoms with E-state index in [1.165, 1.54) is 11.1 Å². The van der Waals surface area contributed by atoms with E-state index in [1.807, 2.05) is 18.2 Å². The van der Waals surface area contributed by atoms with E-state index >= 15 is 0 Å². The van der Waals surface area contributed by atoms with Gasteiger partial charge >= 0.3 is 6.03 Å². The first-order valence-corrected chi connectivity index (χ1v) is 10.1. The van der Waals surface area contributed by atoms with Gasteiger partial charge in [0.1, 0.15) is 5.75 Å². The predicted molar refractivity (Wildman–Crippen MR) is 113 cm³/mol. The molecule has 2 unspecified atom stereocenters. The molecule has 2 aromatic carbocycles. The van der Waals surface area contributed by atoms with Crippen molar-refractivity contribution in [2.45, 2.75) is 44.8 Å². The molecule has 0 radical (unpaired) electrons. The number of likely N-dealkylation sites (tertiary alicyclic amines) is 1. The molecule has 2 amide bonds. The number of carbonyl (C=O) groups is 1. The molecule has 3 rings (SSSR count). The highest BCUT2D eigenvalue weighted by Gasteiger charge is 2.24. The minimum Gasteiger partial charge on any atom is -0.497 e. The van der Waals surface area contributed by atoms with Gasteiger partial charge in [0.15, 0.2) is 0 Å². The van der Waals surface area contributed by atoms with Gasteiger partial charge in [0.2, 0.25) is 0 Å². The summed E-state index contributed by atoms with van der Waals surface area (Å²) in [6.07, 6.45) is 2.84. The molecule has 5 nitrogen and oxygen atoms in total. The van der Waals surface area contributed by atoms with E-state index in [4.69, 9.17) is 4.74 Å². The van der Waals surface area contributed by atoms with Crippen LogP contribution < -0.4 is 15.4 Å². The van der Waals surface area contributed by atoms with Crippen molar-refractivity contribution in [2.24, 2.45) is 0 Å². The summed E-state index contributed by atoms with van der Waals surface area (Å²) >= 11 is 0. The van der Waals surface area contributed by atoms with Crippen molar-refractivity contribution >= 4 is 6.03 Å². The summed E-state index contributed by atoms with van der Waals surface area (Å²) in [6.45, 7) is 4.92. The molecule has 0 spiro atoms. The van der Waals surface area contributed by atoms with Crippen LogP contribution in [0.15, 0.2) is 54.6 Å². The molecule has 1 saturated heterocycles. The van der Waals surface area contributed by atoms with Crippen LogP contribution in [-0.2, 0) is 13.0 Å². The van der Waals surface area contributed by atoms with Gasteiger partial charge in [0.05, 0.1) is 7.11 Å². The van der Waals surface area contributed by atoms with E-state index in [-0.39, 0.29) is 18.1 Å². The Labute approximate surface area is 168 Å². The molecule has 2 aromatic rings. The van der Waals surface area contributed by atoms with Gasteiger partial charge in [0, 0.05) is 31.7 Å². The van der Waals surface area contributed by atoms with E-state index in [0.29, 0.717) is 0 Å². The van der Waals surface area contributed by atoms with Gasteiger partial charge in [-0.25, -0.2) is 4.79 Å².